The molecule has 1 aromatic carbocycles. The number of amides is 2. The number of piperazine rings is 1. The molecule has 1 aliphatic carbocycles. The smallest absolute Gasteiger partial charge is 0.253 e. The topological polar surface area (TPSA) is 58.6 Å². The van der Waals surface area contributed by atoms with E-state index in [9.17, 15) is 9.59 Å². The Balaban J connectivity index is 1.91. The second-order valence-electron chi connectivity index (χ2n) is 6.02. The molecule has 1 heterocycles. The highest BCUT2D eigenvalue weighted by Crippen LogP contribution is 2.42. The van der Waals surface area contributed by atoms with Crippen molar-refractivity contribution in [2.24, 2.45) is 5.92 Å². The molecule has 1 atom stereocenters. The molecule has 1 saturated carbocycles. The Bertz CT molecular complexity index is 583. The molecular weight excluding hydrogens is 268 g/mol. The molecule has 1 unspecified atom stereocenters. The van der Waals surface area contributed by atoms with Crippen LogP contribution in [-0.4, -0.2) is 31.0 Å². The van der Waals surface area contributed by atoms with Gasteiger partial charge in [-0.3, -0.25) is 9.59 Å². The molecule has 21 heavy (non-hydrogen) atoms. The molecule has 0 spiro atoms. The van der Waals surface area contributed by atoms with E-state index in [-0.39, 0.29) is 24.3 Å². The molecule has 0 bridgehead atoms. The highest BCUT2D eigenvalue weighted by Gasteiger charge is 2.52. The third-order valence-electron chi connectivity index (χ3n) is 4.32. The second kappa shape index (κ2) is 5.15. The van der Waals surface area contributed by atoms with Gasteiger partial charge in [0.05, 0.1) is 6.61 Å². The zero-order chi connectivity index (χ0) is 15.0. The van der Waals surface area contributed by atoms with Gasteiger partial charge in [-0.05, 0) is 43.4 Å². The Morgan fingerprint density at radius 1 is 1.38 bits per heavy atom. The van der Waals surface area contributed by atoms with E-state index in [1.54, 1.807) is 12.0 Å². The Labute approximate surface area is 124 Å². The summed E-state index contributed by atoms with van der Waals surface area (Å²) in [4.78, 5) is 26.4. The van der Waals surface area contributed by atoms with E-state index in [4.69, 9.17) is 4.74 Å². The first-order valence-corrected chi connectivity index (χ1v) is 7.25. The van der Waals surface area contributed by atoms with Crippen molar-refractivity contribution in [3.63, 3.8) is 0 Å². The van der Waals surface area contributed by atoms with Crippen LogP contribution in [0.2, 0.25) is 0 Å². The number of carbonyl (C=O) groups excluding carboxylic acids is 2. The lowest BCUT2D eigenvalue weighted by Gasteiger charge is -2.40. The molecule has 5 heteroatoms. The number of methoxy groups -OCH3 is 1. The molecule has 1 aromatic rings. The number of hydrogen-bond donors (Lipinski definition) is 1. The maximum Gasteiger partial charge on any atom is 0.253 e. The Hall–Kier alpha value is -1.88. The lowest BCUT2D eigenvalue weighted by atomic mass is 9.91. The molecule has 2 amide bonds. The summed E-state index contributed by atoms with van der Waals surface area (Å²) in [5.41, 5.74) is 0.991. The van der Waals surface area contributed by atoms with Crippen molar-refractivity contribution >= 4 is 17.5 Å². The molecule has 0 aromatic heterocycles. The molecule has 1 aliphatic heterocycles. The van der Waals surface area contributed by atoms with Crippen LogP contribution in [0.5, 0.6) is 0 Å². The first-order chi connectivity index (χ1) is 10.0. The van der Waals surface area contributed by atoms with Crippen molar-refractivity contribution in [1.29, 1.82) is 0 Å². The number of ether oxygens (including phenoxy) is 1. The average Bonchev–Trinajstić information content (AvgIpc) is 3.28. The van der Waals surface area contributed by atoms with Crippen molar-refractivity contribution in [3.05, 3.63) is 29.8 Å². The summed E-state index contributed by atoms with van der Waals surface area (Å²) in [6.45, 7) is 2.41. The Morgan fingerprint density at radius 3 is 2.81 bits per heavy atom. The summed E-state index contributed by atoms with van der Waals surface area (Å²) in [6.07, 6.45) is 2.00. The highest BCUT2D eigenvalue weighted by molar-refractivity contribution is 6.09. The van der Waals surface area contributed by atoms with Crippen molar-refractivity contribution in [3.8, 4) is 0 Å². The molecule has 1 saturated heterocycles. The third kappa shape index (κ3) is 2.53. The zero-order valence-electron chi connectivity index (χ0n) is 12.4. The quantitative estimate of drug-likeness (QED) is 0.912. The largest absolute Gasteiger partial charge is 0.380 e. The van der Waals surface area contributed by atoms with Gasteiger partial charge in [-0.25, -0.2) is 0 Å². The number of anilines is 1. The Kier molecular flexibility index (Phi) is 3.45. The fraction of sp³-hybridized carbons (Fsp3) is 0.500. The van der Waals surface area contributed by atoms with Crippen LogP contribution in [0.3, 0.4) is 0 Å². The van der Waals surface area contributed by atoms with Crippen molar-refractivity contribution < 1.29 is 14.3 Å². The minimum absolute atomic E-state index is 0.0147. The third-order valence-corrected chi connectivity index (χ3v) is 4.32. The van der Waals surface area contributed by atoms with Gasteiger partial charge in [-0.15, -0.1) is 0 Å². The molecule has 112 valence electrons. The van der Waals surface area contributed by atoms with Gasteiger partial charge in [0.25, 0.3) is 5.91 Å². The molecule has 0 radical (unpaired) electrons. The van der Waals surface area contributed by atoms with Gasteiger partial charge in [-0.2, -0.15) is 0 Å². The summed E-state index contributed by atoms with van der Waals surface area (Å²) in [7, 11) is 1.64. The predicted molar refractivity (Wildman–Crippen MR) is 78.8 cm³/mol. The van der Waals surface area contributed by atoms with E-state index in [2.05, 4.69) is 5.32 Å². The van der Waals surface area contributed by atoms with Gasteiger partial charge >= 0.3 is 0 Å². The molecule has 2 aliphatic rings. The number of rotatable bonds is 4. The van der Waals surface area contributed by atoms with E-state index in [0.717, 1.165) is 24.1 Å². The lowest BCUT2D eigenvalue weighted by molar-refractivity contribution is -0.136. The highest BCUT2D eigenvalue weighted by atomic mass is 16.5. The summed E-state index contributed by atoms with van der Waals surface area (Å²) in [5.74, 6) is 0.152. The number of nitrogens with one attached hydrogen (secondary N) is 1. The van der Waals surface area contributed by atoms with E-state index in [1.165, 1.54) is 0 Å². The van der Waals surface area contributed by atoms with Crippen LogP contribution in [0.25, 0.3) is 0 Å². The van der Waals surface area contributed by atoms with Gasteiger partial charge in [0.2, 0.25) is 5.91 Å². The SMILES string of the molecule is COCc1cccc(N2CC(=O)NC(C)(C3CC3)C2=O)c1. The minimum Gasteiger partial charge on any atom is -0.380 e. The van der Waals surface area contributed by atoms with E-state index >= 15 is 0 Å². The van der Waals surface area contributed by atoms with E-state index in [1.807, 2.05) is 31.2 Å². The predicted octanol–water partition coefficient (Wildman–Crippen LogP) is 1.46. The van der Waals surface area contributed by atoms with Crippen LogP contribution in [0.1, 0.15) is 25.3 Å². The molecule has 5 nitrogen and oxygen atoms in total. The van der Waals surface area contributed by atoms with Crippen LogP contribution >= 0.6 is 0 Å². The summed E-state index contributed by atoms with van der Waals surface area (Å²) >= 11 is 0. The zero-order valence-corrected chi connectivity index (χ0v) is 12.4. The molecule has 2 fully saturated rings. The molecule has 1 N–H and O–H groups in total. The number of carbonyl (C=O) groups is 2. The lowest BCUT2D eigenvalue weighted by Crippen LogP contribution is -2.66. The van der Waals surface area contributed by atoms with Crippen molar-refractivity contribution in [2.45, 2.75) is 31.9 Å². The van der Waals surface area contributed by atoms with Crippen LogP contribution < -0.4 is 10.2 Å². The number of benzene rings is 1. The first-order valence-electron chi connectivity index (χ1n) is 7.25. The normalized spacial score (nSPS) is 25.9. The van der Waals surface area contributed by atoms with Crippen molar-refractivity contribution in [2.75, 3.05) is 18.6 Å². The standard InChI is InChI=1S/C16H20N2O3/c1-16(12-6-7-12)15(20)18(9-14(19)17-16)13-5-3-4-11(8-13)10-21-2/h3-5,8,12H,6-7,9-10H2,1-2H3,(H,17,19). The monoisotopic (exact) mass is 288 g/mol. The van der Waals surface area contributed by atoms with Gasteiger partial charge in [0.1, 0.15) is 12.1 Å². The Morgan fingerprint density at radius 2 is 2.14 bits per heavy atom. The average molecular weight is 288 g/mol. The summed E-state index contributed by atoms with van der Waals surface area (Å²) in [6, 6.07) is 7.61. The van der Waals surface area contributed by atoms with Crippen LogP contribution in [0, 0.1) is 5.92 Å². The minimum atomic E-state index is -0.757. The van der Waals surface area contributed by atoms with E-state index in [0.29, 0.717) is 6.61 Å². The fourth-order valence-corrected chi connectivity index (χ4v) is 3.01. The number of nitrogens with zero attached hydrogens (tertiary/aromatic N) is 1. The number of hydrogen-bond acceptors (Lipinski definition) is 3. The second-order valence-corrected chi connectivity index (χ2v) is 6.02. The van der Waals surface area contributed by atoms with Gasteiger partial charge in [0, 0.05) is 12.8 Å². The van der Waals surface area contributed by atoms with E-state index < -0.39 is 5.54 Å². The van der Waals surface area contributed by atoms with Crippen LogP contribution in [0.15, 0.2) is 24.3 Å². The van der Waals surface area contributed by atoms with Gasteiger partial charge < -0.3 is 15.0 Å². The van der Waals surface area contributed by atoms with Crippen molar-refractivity contribution in [1.82, 2.24) is 5.32 Å². The fourth-order valence-electron chi connectivity index (χ4n) is 3.01. The maximum absolute atomic E-state index is 12.8. The van der Waals surface area contributed by atoms with Crippen LogP contribution in [0.4, 0.5) is 5.69 Å². The van der Waals surface area contributed by atoms with Gasteiger partial charge in [-0.1, -0.05) is 12.1 Å². The first kappa shape index (κ1) is 14.1. The van der Waals surface area contributed by atoms with Crippen LogP contribution in [-0.2, 0) is 20.9 Å². The summed E-state index contributed by atoms with van der Waals surface area (Å²) in [5, 5.41) is 2.89. The van der Waals surface area contributed by atoms with Gasteiger partial charge in [0.15, 0.2) is 0 Å². The molecule has 3 rings (SSSR count). The molecular formula is C16H20N2O3. The summed E-state index contributed by atoms with van der Waals surface area (Å²) < 4.78 is 5.12. The maximum atomic E-state index is 12.8.